The number of aromatic carboxylic acids is 1. The van der Waals surface area contributed by atoms with E-state index in [0.29, 0.717) is 25.9 Å². The number of rotatable bonds is 5. The molecule has 0 radical (unpaired) electrons. The molecule has 1 aliphatic rings. The standard InChI is InChI=1S/C12H16N3O3S.W/c1-2-14-6-3-4-11(16)15(14)7-5-10-13-8-9(19-10)12(17)18;/h8H,1-7H2,(H,17,18);/q-1;. The van der Waals surface area contributed by atoms with Gasteiger partial charge in [-0.05, 0) is 6.42 Å². The van der Waals surface area contributed by atoms with Gasteiger partial charge in [-0.15, -0.1) is 17.9 Å². The van der Waals surface area contributed by atoms with Crippen LogP contribution in [0.3, 0.4) is 0 Å². The Labute approximate surface area is 136 Å². The van der Waals surface area contributed by atoms with Gasteiger partial charge in [0.15, 0.2) is 0 Å². The van der Waals surface area contributed by atoms with E-state index in [2.05, 4.69) is 11.9 Å². The van der Waals surface area contributed by atoms with Gasteiger partial charge in [-0.2, -0.15) is 0 Å². The van der Waals surface area contributed by atoms with E-state index in [9.17, 15) is 9.59 Å². The average molecular weight is 466 g/mol. The van der Waals surface area contributed by atoms with Crippen molar-refractivity contribution in [2.75, 3.05) is 19.6 Å². The van der Waals surface area contributed by atoms with Crippen molar-refractivity contribution < 1.29 is 35.8 Å². The molecule has 0 spiro atoms. The fourth-order valence-corrected chi connectivity index (χ4v) is 2.79. The molecule has 8 heteroatoms. The number of carboxylic acid groups (broad SMARTS) is 1. The van der Waals surface area contributed by atoms with Gasteiger partial charge >= 0.3 is 5.97 Å². The van der Waals surface area contributed by atoms with Crippen molar-refractivity contribution in [3.8, 4) is 0 Å². The molecule has 1 aliphatic heterocycles. The third kappa shape index (κ3) is 4.10. The minimum absolute atomic E-state index is 0. The summed E-state index contributed by atoms with van der Waals surface area (Å²) in [6, 6.07) is 0. The second kappa shape index (κ2) is 7.86. The monoisotopic (exact) mass is 466 g/mol. The van der Waals surface area contributed by atoms with E-state index in [0.717, 1.165) is 29.3 Å². The van der Waals surface area contributed by atoms with Crippen molar-refractivity contribution >= 4 is 23.2 Å². The molecule has 1 aromatic heterocycles. The van der Waals surface area contributed by atoms with E-state index in [-0.39, 0.29) is 31.8 Å². The number of hydrogen-bond acceptors (Lipinski definition) is 5. The van der Waals surface area contributed by atoms with Crippen LogP contribution in [-0.2, 0) is 32.3 Å². The van der Waals surface area contributed by atoms with Gasteiger partial charge in [0.05, 0.1) is 11.2 Å². The minimum Gasteiger partial charge on any atom is -0.477 e. The Bertz CT molecular complexity index is 480. The van der Waals surface area contributed by atoms with Gasteiger partial charge in [-0.3, -0.25) is 9.80 Å². The second-order valence-corrected chi connectivity index (χ2v) is 5.36. The van der Waals surface area contributed by atoms with Crippen LogP contribution in [0.4, 0.5) is 0 Å². The summed E-state index contributed by atoms with van der Waals surface area (Å²) in [5.41, 5.74) is 0. The number of hydrogen-bond donors (Lipinski definition) is 1. The molecule has 2 rings (SSSR count). The number of carbonyl (C=O) groups excluding carboxylic acids is 1. The topological polar surface area (TPSA) is 73.7 Å². The zero-order chi connectivity index (χ0) is 13.8. The minimum atomic E-state index is -0.961. The zero-order valence-corrected chi connectivity index (χ0v) is 14.7. The first-order valence-electron chi connectivity index (χ1n) is 6.14. The van der Waals surface area contributed by atoms with Gasteiger partial charge in [0.25, 0.3) is 0 Å². The van der Waals surface area contributed by atoms with Crippen LogP contribution >= 0.6 is 11.3 Å². The molecule has 6 nitrogen and oxygen atoms in total. The van der Waals surface area contributed by atoms with Crippen LogP contribution in [0, 0.1) is 6.92 Å². The molecule has 110 valence electrons. The summed E-state index contributed by atoms with van der Waals surface area (Å²) in [6.45, 7) is 5.75. The van der Waals surface area contributed by atoms with Crippen LogP contribution < -0.4 is 0 Å². The summed E-state index contributed by atoms with van der Waals surface area (Å²) in [5, 5.41) is 13.2. The van der Waals surface area contributed by atoms with E-state index < -0.39 is 5.97 Å². The van der Waals surface area contributed by atoms with Gasteiger partial charge in [0, 0.05) is 47.0 Å². The molecule has 1 N–H and O–H groups in total. The third-order valence-electron chi connectivity index (χ3n) is 3.00. The molecule has 1 amide bonds. The SMILES string of the molecule is [CH2-]CN1CCCC(=O)N1CCc1ncc(C(=O)O)s1.[W]. The van der Waals surface area contributed by atoms with E-state index in [4.69, 9.17) is 5.11 Å². The van der Waals surface area contributed by atoms with Crippen LogP contribution in [0.25, 0.3) is 0 Å². The molecule has 1 fully saturated rings. The molecular formula is C12H16N3O3SW-. The first-order valence-corrected chi connectivity index (χ1v) is 6.96. The van der Waals surface area contributed by atoms with Crippen molar-refractivity contribution in [1.82, 2.24) is 15.0 Å². The molecule has 20 heavy (non-hydrogen) atoms. The quantitative estimate of drug-likeness (QED) is 0.658. The molecule has 0 saturated carbocycles. The second-order valence-electron chi connectivity index (χ2n) is 4.25. The first-order chi connectivity index (χ1) is 9.11. The van der Waals surface area contributed by atoms with Crippen molar-refractivity contribution in [1.29, 1.82) is 0 Å². The summed E-state index contributed by atoms with van der Waals surface area (Å²) in [6.07, 6.45) is 3.36. The molecule has 0 atom stereocenters. The normalized spacial score (nSPS) is 16.1. The van der Waals surface area contributed by atoms with Crippen LogP contribution in [-0.4, -0.2) is 51.6 Å². The molecular weight excluding hydrogens is 450 g/mol. The summed E-state index contributed by atoms with van der Waals surface area (Å²) in [7, 11) is 0. The fourth-order valence-electron chi connectivity index (χ4n) is 2.05. The van der Waals surface area contributed by atoms with Gasteiger partial charge in [0.2, 0.25) is 5.91 Å². The number of hydrazine groups is 1. The fraction of sp³-hybridized carbons (Fsp3) is 0.500. The Balaban J connectivity index is 0.00000200. The maximum Gasteiger partial charge on any atom is 0.347 e. The van der Waals surface area contributed by atoms with Crippen molar-refractivity contribution in [3.05, 3.63) is 23.0 Å². The number of amides is 1. The van der Waals surface area contributed by atoms with Crippen LogP contribution in [0.15, 0.2) is 6.20 Å². The van der Waals surface area contributed by atoms with E-state index in [1.54, 1.807) is 5.01 Å². The summed E-state index contributed by atoms with van der Waals surface area (Å²) >= 11 is 1.16. The Morgan fingerprint density at radius 1 is 1.55 bits per heavy atom. The van der Waals surface area contributed by atoms with Crippen molar-refractivity contribution in [3.63, 3.8) is 0 Å². The average Bonchev–Trinajstić information content (AvgIpc) is 2.86. The number of carbonyl (C=O) groups is 2. The smallest absolute Gasteiger partial charge is 0.347 e. The summed E-state index contributed by atoms with van der Waals surface area (Å²) in [5.74, 6) is -0.859. The van der Waals surface area contributed by atoms with E-state index in [1.165, 1.54) is 6.20 Å². The summed E-state index contributed by atoms with van der Waals surface area (Å²) in [4.78, 5) is 26.9. The predicted molar refractivity (Wildman–Crippen MR) is 70.7 cm³/mol. The molecule has 0 aliphatic carbocycles. The van der Waals surface area contributed by atoms with Gasteiger partial charge in [0.1, 0.15) is 4.88 Å². The maximum absolute atomic E-state index is 11.8. The third-order valence-corrected chi connectivity index (χ3v) is 4.04. The molecule has 0 unspecified atom stereocenters. The molecule has 0 bridgehead atoms. The molecule has 0 aromatic carbocycles. The van der Waals surface area contributed by atoms with E-state index in [1.807, 2.05) is 5.01 Å². The maximum atomic E-state index is 11.8. The Morgan fingerprint density at radius 3 is 2.90 bits per heavy atom. The number of nitrogens with zero attached hydrogens (tertiary/aromatic N) is 3. The van der Waals surface area contributed by atoms with Gasteiger partial charge < -0.3 is 12.0 Å². The predicted octanol–water partition coefficient (Wildman–Crippen LogP) is 1.05. The first kappa shape index (κ1) is 17.3. The number of thiazole rings is 1. The van der Waals surface area contributed by atoms with Crippen molar-refractivity contribution in [2.45, 2.75) is 19.3 Å². The van der Waals surface area contributed by atoms with Gasteiger partial charge in [-0.25, -0.2) is 14.8 Å². The molecule has 2 heterocycles. The summed E-state index contributed by atoms with van der Waals surface area (Å²) < 4.78 is 0. The molecule has 1 saturated heterocycles. The number of aromatic nitrogens is 1. The Kier molecular flexibility index (Phi) is 6.79. The largest absolute Gasteiger partial charge is 0.477 e. The van der Waals surface area contributed by atoms with Crippen molar-refractivity contribution in [2.24, 2.45) is 0 Å². The number of carboxylic acids is 1. The Hall–Kier alpha value is -0.782. The van der Waals surface area contributed by atoms with E-state index >= 15 is 0 Å². The zero-order valence-electron chi connectivity index (χ0n) is 10.9. The van der Waals surface area contributed by atoms with Crippen LogP contribution in [0.1, 0.15) is 27.5 Å². The molecule has 1 aromatic rings. The van der Waals surface area contributed by atoms with Gasteiger partial charge in [-0.1, -0.05) is 0 Å². The van der Waals surface area contributed by atoms with Crippen LogP contribution in [0.5, 0.6) is 0 Å². The van der Waals surface area contributed by atoms with Crippen LogP contribution in [0.2, 0.25) is 0 Å². The Morgan fingerprint density at radius 2 is 2.30 bits per heavy atom.